The molecule has 3 saturated heterocycles. The van der Waals surface area contributed by atoms with Crippen molar-refractivity contribution in [3.05, 3.63) is 29.3 Å². The van der Waals surface area contributed by atoms with Gasteiger partial charge in [-0.25, -0.2) is 0 Å². The number of benzene rings is 1. The molecule has 4 aliphatic rings. The van der Waals surface area contributed by atoms with Gasteiger partial charge >= 0.3 is 6.18 Å². The van der Waals surface area contributed by atoms with Gasteiger partial charge in [0.05, 0.1) is 29.8 Å². The smallest absolute Gasteiger partial charge is 0.322 e. The second-order valence-electron chi connectivity index (χ2n) is 9.42. The van der Waals surface area contributed by atoms with Crippen LogP contribution in [-0.2, 0) is 15.8 Å². The molecule has 1 saturated carbocycles. The summed E-state index contributed by atoms with van der Waals surface area (Å²) in [4.78, 5) is 30.9. The van der Waals surface area contributed by atoms with Gasteiger partial charge in [0.25, 0.3) is 0 Å². The summed E-state index contributed by atoms with van der Waals surface area (Å²) in [6.45, 7) is 2.21. The third-order valence-electron chi connectivity index (χ3n) is 7.19. The summed E-state index contributed by atoms with van der Waals surface area (Å²) in [5.41, 5.74) is 6.11. The molecule has 0 radical (unpaired) electrons. The highest BCUT2D eigenvalue weighted by atomic mass is 19.4. The SMILES string of the molecule is Cc1cc(N2C(=O)[C@@H]3C[C@H]2CN3C[C@H](N)C(=O)N2[C@H](C#N)CC3C[C@@H]32)cc(C(F)(F)F)c1. The van der Waals surface area contributed by atoms with Crippen LogP contribution in [0.4, 0.5) is 18.9 Å². The molecule has 1 aliphatic carbocycles. The van der Waals surface area contributed by atoms with Crippen LogP contribution in [0.1, 0.15) is 30.4 Å². The van der Waals surface area contributed by atoms with Gasteiger partial charge in [-0.3, -0.25) is 14.5 Å². The van der Waals surface area contributed by atoms with Crippen LogP contribution in [0, 0.1) is 24.2 Å². The van der Waals surface area contributed by atoms with Gasteiger partial charge < -0.3 is 15.5 Å². The molecule has 1 unspecified atom stereocenters. The van der Waals surface area contributed by atoms with Crippen LogP contribution in [0.5, 0.6) is 0 Å². The highest BCUT2D eigenvalue weighted by Crippen LogP contribution is 2.48. The molecule has 10 heteroatoms. The molecule has 6 atom stereocenters. The predicted octanol–water partition coefficient (Wildman–Crippen LogP) is 1.64. The first-order valence-corrected chi connectivity index (χ1v) is 10.8. The molecule has 4 fully saturated rings. The van der Waals surface area contributed by atoms with Gasteiger partial charge in [-0.2, -0.15) is 18.4 Å². The lowest BCUT2D eigenvalue weighted by Crippen LogP contribution is -2.57. The lowest BCUT2D eigenvalue weighted by atomic mass is 10.1. The zero-order valence-electron chi connectivity index (χ0n) is 17.5. The van der Waals surface area contributed by atoms with Crippen molar-refractivity contribution in [1.29, 1.82) is 5.26 Å². The van der Waals surface area contributed by atoms with Crippen molar-refractivity contribution in [2.45, 2.75) is 62.6 Å². The van der Waals surface area contributed by atoms with Crippen LogP contribution < -0.4 is 10.6 Å². The molecule has 3 heterocycles. The molecule has 0 aromatic heterocycles. The number of hydrogen-bond acceptors (Lipinski definition) is 5. The van der Waals surface area contributed by atoms with Gasteiger partial charge in [0.15, 0.2) is 0 Å². The van der Waals surface area contributed by atoms with Crippen LogP contribution in [0.25, 0.3) is 0 Å². The van der Waals surface area contributed by atoms with E-state index in [4.69, 9.17) is 5.73 Å². The van der Waals surface area contributed by atoms with E-state index in [9.17, 15) is 28.0 Å². The van der Waals surface area contributed by atoms with E-state index >= 15 is 0 Å². The van der Waals surface area contributed by atoms with Crippen molar-refractivity contribution in [3.63, 3.8) is 0 Å². The number of alkyl halides is 3. The summed E-state index contributed by atoms with van der Waals surface area (Å²) >= 11 is 0. The number of likely N-dealkylation sites (tertiary alicyclic amines) is 2. The average molecular weight is 447 g/mol. The number of hydrogen-bond donors (Lipinski definition) is 1. The molecule has 3 aliphatic heterocycles. The van der Waals surface area contributed by atoms with Gasteiger partial charge in [0, 0.05) is 24.8 Å². The number of piperazine rings is 1. The van der Waals surface area contributed by atoms with E-state index in [1.165, 1.54) is 4.90 Å². The Morgan fingerprint density at radius 3 is 2.69 bits per heavy atom. The third kappa shape index (κ3) is 3.35. The van der Waals surface area contributed by atoms with Gasteiger partial charge in [0.1, 0.15) is 6.04 Å². The van der Waals surface area contributed by atoms with Crippen molar-refractivity contribution >= 4 is 17.5 Å². The van der Waals surface area contributed by atoms with E-state index in [-0.39, 0.29) is 36.1 Å². The lowest BCUT2D eigenvalue weighted by Gasteiger charge is -2.36. The number of rotatable bonds is 4. The minimum Gasteiger partial charge on any atom is -0.322 e. The first-order chi connectivity index (χ1) is 15.1. The third-order valence-corrected chi connectivity index (χ3v) is 7.19. The van der Waals surface area contributed by atoms with Crippen LogP contribution >= 0.6 is 0 Å². The molecule has 5 rings (SSSR count). The number of aryl methyl sites for hydroxylation is 1. The molecule has 0 spiro atoms. The van der Waals surface area contributed by atoms with Gasteiger partial charge in [-0.1, -0.05) is 0 Å². The number of nitrogens with two attached hydrogens (primary N) is 1. The molecule has 7 nitrogen and oxygen atoms in total. The minimum atomic E-state index is -4.49. The van der Waals surface area contributed by atoms with Crippen molar-refractivity contribution in [2.75, 3.05) is 18.0 Å². The molecule has 2 amide bonds. The molecule has 1 aromatic rings. The Labute approximate surface area is 183 Å². The summed E-state index contributed by atoms with van der Waals surface area (Å²) in [6, 6.07) is 3.91. The Balaban J connectivity index is 1.28. The predicted molar refractivity (Wildman–Crippen MR) is 108 cm³/mol. The summed E-state index contributed by atoms with van der Waals surface area (Å²) in [6.07, 6.45) is -2.39. The molecule has 2 bridgehead atoms. The van der Waals surface area contributed by atoms with Crippen molar-refractivity contribution in [3.8, 4) is 6.07 Å². The maximum atomic E-state index is 13.2. The lowest BCUT2D eigenvalue weighted by molar-refractivity contribution is -0.137. The largest absolute Gasteiger partial charge is 0.416 e. The summed E-state index contributed by atoms with van der Waals surface area (Å²) in [5, 5.41) is 9.32. The highest BCUT2D eigenvalue weighted by Gasteiger charge is 2.56. The van der Waals surface area contributed by atoms with Crippen LogP contribution in [-0.4, -0.2) is 64.9 Å². The summed E-state index contributed by atoms with van der Waals surface area (Å²) < 4.78 is 39.7. The number of piperidine rings is 1. The normalized spacial score (nSPS) is 32.2. The van der Waals surface area contributed by atoms with Crippen LogP contribution in [0.15, 0.2) is 18.2 Å². The molecule has 2 N–H and O–H groups in total. The number of carbonyl (C=O) groups is 2. The topological polar surface area (TPSA) is 93.7 Å². The minimum absolute atomic E-state index is 0.106. The second kappa shape index (κ2) is 7.18. The second-order valence-corrected chi connectivity index (χ2v) is 9.42. The zero-order chi connectivity index (χ0) is 22.9. The fourth-order valence-corrected chi connectivity index (χ4v) is 5.68. The Hall–Kier alpha value is -2.64. The molecule has 32 heavy (non-hydrogen) atoms. The van der Waals surface area contributed by atoms with Crippen LogP contribution in [0.3, 0.4) is 0 Å². The standard InChI is InChI=1S/C22H24F3N5O2/c1-11-2-13(22(23,24)25)6-14(3-11)29-16-7-19(21(29)32)28(9-16)10-17(27)20(31)30-15(8-26)4-12-5-18(12)30/h2-3,6,12,15-19H,4-5,7,9-10,27H2,1H3/t12?,15-,16-,17-,18-,19-/m0/s1. The number of nitriles is 1. The van der Waals surface area contributed by atoms with E-state index in [1.807, 2.05) is 4.90 Å². The first-order valence-electron chi connectivity index (χ1n) is 10.8. The van der Waals surface area contributed by atoms with Crippen molar-refractivity contribution in [1.82, 2.24) is 9.80 Å². The first kappa shape index (κ1) is 21.2. The Morgan fingerprint density at radius 1 is 1.28 bits per heavy atom. The van der Waals surface area contributed by atoms with E-state index in [0.29, 0.717) is 30.9 Å². The number of nitrogens with zero attached hydrogens (tertiary/aromatic N) is 4. The maximum absolute atomic E-state index is 13.2. The molecular weight excluding hydrogens is 423 g/mol. The fourth-order valence-electron chi connectivity index (χ4n) is 5.68. The monoisotopic (exact) mass is 447 g/mol. The Bertz CT molecular complexity index is 1020. The summed E-state index contributed by atoms with van der Waals surface area (Å²) in [7, 11) is 0. The average Bonchev–Trinajstić information content (AvgIpc) is 3.05. The quantitative estimate of drug-likeness (QED) is 0.758. The summed E-state index contributed by atoms with van der Waals surface area (Å²) in [5.74, 6) is -0.135. The molecular formula is C22H24F3N5O2. The van der Waals surface area contributed by atoms with E-state index in [2.05, 4.69) is 6.07 Å². The van der Waals surface area contributed by atoms with Crippen molar-refractivity contribution in [2.24, 2.45) is 11.7 Å². The molecule has 170 valence electrons. The van der Waals surface area contributed by atoms with Gasteiger partial charge in [-0.15, -0.1) is 0 Å². The highest BCUT2D eigenvalue weighted by molar-refractivity contribution is 6.01. The maximum Gasteiger partial charge on any atom is 0.416 e. The number of anilines is 1. The van der Waals surface area contributed by atoms with Gasteiger partial charge in [0.2, 0.25) is 11.8 Å². The van der Waals surface area contributed by atoms with E-state index < -0.39 is 29.9 Å². The zero-order valence-corrected chi connectivity index (χ0v) is 17.5. The number of halogens is 3. The van der Waals surface area contributed by atoms with E-state index in [0.717, 1.165) is 18.6 Å². The Morgan fingerprint density at radius 2 is 2.03 bits per heavy atom. The Kier molecular flexibility index (Phi) is 4.76. The molecule has 1 aromatic carbocycles. The number of amides is 2. The van der Waals surface area contributed by atoms with Gasteiger partial charge in [-0.05, 0) is 55.9 Å². The number of fused-ring (bicyclic) bond motifs is 3. The van der Waals surface area contributed by atoms with Crippen molar-refractivity contribution < 1.29 is 22.8 Å². The van der Waals surface area contributed by atoms with Crippen LogP contribution in [0.2, 0.25) is 0 Å². The number of carbonyl (C=O) groups excluding carboxylic acids is 2. The fraction of sp³-hybridized carbons (Fsp3) is 0.591. The van der Waals surface area contributed by atoms with E-state index in [1.54, 1.807) is 17.9 Å².